The third kappa shape index (κ3) is 2.34. The molecule has 1 aliphatic rings. The lowest BCUT2D eigenvalue weighted by Gasteiger charge is -2.23. The number of carbonyl (C=O) groups excluding carboxylic acids is 1. The first-order valence-corrected chi connectivity index (χ1v) is 4.67. The van der Waals surface area contributed by atoms with Crippen molar-refractivity contribution in [2.75, 3.05) is 6.54 Å². The lowest BCUT2D eigenvalue weighted by atomic mass is 10.2. The summed E-state index contributed by atoms with van der Waals surface area (Å²) in [5.41, 5.74) is 0. The van der Waals surface area contributed by atoms with Crippen LogP contribution in [0.3, 0.4) is 0 Å². The molecule has 13 heavy (non-hydrogen) atoms. The zero-order valence-corrected chi connectivity index (χ0v) is 8.36. The smallest absolute Gasteiger partial charge is 0.410 e. The molecular formula is C9H17NO3. The molecule has 0 aromatic rings. The van der Waals surface area contributed by atoms with E-state index in [1.807, 2.05) is 20.8 Å². The normalized spacial score (nSPS) is 28.2. The molecule has 0 aromatic heterocycles. The molecule has 0 spiro atoms. The molecule has 1 fully saturated rings. The van der Waals surface area contributed by atoms with Crippen molar-refractivity contribution in [3.63, 3.8) is 0 Å². The number of amides is 1. The summed E-state index contributed by atoms with van der Waals surface area (Å²) in [6, 6.07) is -0.119. The summed E-state index contributed by atoms with van der Waals surface area (Å²) in [6.45, 7) is 6.05. The second-order valence-electron chi connectivity index (χ2n) is 3.72. The van der Waals surface area contributed by atoms with Gasteiger partial charge >= 0.3 is 6.09 Å². The van der Waals surface area contributed by atoms with Gasteiger partial charge in [0.05, 0.1) is 18.2 Å². The Hall–Kier alpha value is -0.770. The number of likely N-dealkylation sites (tertiary alicyclic amines) is 1. The number of rotatable bonds is 1. The highest BCUT2D eigenvalue weighted by Crippen LogP contribution is 2.18. The van der Waals surface area contributed by atoms with Gasteiger partial charge in [-0.25, -0.2) is 4.79 Å². The van der Waals surface area contributed by atoms with Crippen molar-refractivity contribution in [1.82, 2.24) is 4.90 Å². The summed E-state index contributed by atoms with van der Waals surface area (Å²) < 4.78 is 5.03. The topological polar surface area (TPSA) is 49.8 Å². The molecule has 1 N–H and O–H groups in total. The highest BCUT2D eigenvalue weighted by atomic mass is 16.6. The number of carbonyl (C=O) groups is 1. The number of ether oxygens (including phenoxy) is 1. The van der Waals surface area contributed by atoms with Crippen molar-refractivity contribution in [2.24, 2.45) is 0 Å². The first kappa shape index (κ1) is 10.3. The Morgan fingerprint density at radius 1 is 1.62 bits per heavy atom. The van der Waals surface area contributed by atoms with E-state index < -0.39 is 6.10 Å². The summed E-state index contributed by atoms with van der Waals surface area (Å²) in [4.78, 5) is 13.0. The van der Waals surface area contributed by atoms with Crippen LogP contribution in [0.1, 0.15) is 27.2 Å². The Labute approximate surface area is 78.5 Å². The van der Waals surface area contributed by atoms with Gasteiger partial charge in [0.2, 0.25) is 0 Å². The van der Waals surface area contributed by atoms with Gasteiger partial charge in [0.15, 0.2) is 0 Å². The Morgan fingerprint density at radius 3 is 2.62 bits per heavy atom. The molecule has 2 atom stereocenters. The molecule has 0 aromatic carbocycles. The van der Waals surface area contributed by atoms with E-state index in [1.54, 1.807) is 4.90 Å². The SMILES string of the molecule is CC(C)OC(=O)N1CCC(O)C1C. The third-order valence-electron chi connectivity index (χ3n) is 2.29. The van der Waals surface area contributed by atoms with Crippen LogP contribution in [0.25, 0.3) is 0 Å². The monoisotopic (exact) mass is 187 g/mol. The van der Waals surface area contributed by atoms with Crippen molar-refractivity contribution in [1.29, 1.82) is 0 Å². The lowest BCUT2D eigenvalue weighted by Crippen LogP contribution is -2.38. The number of nitrogens with zero attached hydrogens (tertiary/aromatic N) is 1. The second kappa shape index (κ2) is 3.96. The lowest BCUT2D eigenvalue weighted by molar-refractivity contribution is 0.0621. The zero-order valence-electron chi connectivity index (χ0n) is 8.36. The van der Waals surface area contributed by atoms with Crippen molar-refractivity contribution >= 4 is 6.09 Å². The summed E-state index contributed by atoms with van der Waals surface area (Å²) in [7, 11) is 0. The van der Waals surface area contributed by atoms with E-state index in [0.717, 1.165) is 0 Å². The van der Waals surface area contributed by atoms with E-state index in [9.17, 15) is 9.90 Å². The second-order valence-corrected chi connectivity index (χ2v) is 3.72. The van der Waals surface area contributed by atoms with Crippen LogP contribution in [0.5, 0.6) is 0 Å². The van der Waals surface area contributed by atoms with Crippen LogP contribution in [0.2, 0.25) is 0 Å². The average Bonchev–Trinajstić information content (AvgIpc) is 2.31. The van der Waals surface area contributed by atoms with Gasteiger partial charge in [-0.05, 0) is 27.2 Å². The van der Waals surface area contributed by atoms with Crippen LogP contribution >= 0.6 is 0 Å². The van der Waals surface area contributed by atoms with Gasteiger partial charge in [0.25, 0.3) is 0 Å². The largest absolute Gasteiger partial charge is 0.447 e. The number of hydrogen-bond donors (Lipinski definition) is 1. The minimum Gasteiger partial charge on any atom is -0.447 e. The quantitative estimate of drug-likeness (QED) is 0.666. The van der Waals surface area contributed by atoms with Gasteiger partial charge in [-0.15, -0.1) is 0 Å². The molecule has 4 heteroatoms. The van der Waals surface area contributed by atoms with Gasteiger partial charge < -0.3 is 14.7 Å². The first-order chi connectivity index (χ1) is 6.02. The van der Waals surface area contributed by atoms with Crippen molar-refractivity contribution < 1.29 is 14.6 Å². The summed E-state index contributed by atoms with van der Waals surface area (Å²) in [5, 5.41) is 9.40. The van der Waals surface area contributed by atoms with E-state index in [2.05, 4.69) is 0 Å². The molecule has 0 aliphatic carbocycles. The summed E-state index contributed by atoms with van der Waals surface area (Å²) in [5.74, 6) is 0. The number of aliphatic hydroxyl groups excluding tert-OH is 1. The average molecular weight is 187 g/mol. The molecule has 1 rings (SSSR count). The zero-order chi connectivity index (χ0) is 10.0. The van der Waals surface area contributed by atoms with Gasteiger partial charge in [-0.3, -0.25) is 0 Å². The number of hydrogen-bond acceptors (Lipinski definition) is 3. The molecule has 0 bridgehead atoms. The van der Waals surface area contributed by atoms with E-state index >= 15 is 0 Å². The maximum absolute atomic E-state index is 11.4. The highest BCUT2D eigenvalue weighted by Gasteiger charge is 2.33. The van der Waals surface area contributed by atoms with Crippen LogP contribution in [0, 0.1) is 0 Å². The fourth-order valence-corrected chi connectivity index (χ4v) is 1.45. The molecule has 1 heterocycles. The molecule has 1 amide bonds. The van der Waals surface area contributed by atoms with Crippen LogP contribution in [-0.4, -0.2) is 40.9 Å². The van der Waals surface area contributed by atoms with Gasteiger partial charge in [0, 0.05) is 6.54 Å². The molecule has 1 saturated heterocycles. The summed E-state index contributed by atoms with van der Waals surface area (Å²) in [6.07, 6.45) is -0.176. The van der Waals surface area contributed by atoms with E-state index in [-0.39, 0.29) is 18.2 Å². The molecule has 2 unspecified atom stereocenters. The van der Waals surface area contributed by atoms with Crippen molar-refractivity contribution in [3.05, 3.63) is 0 Å². The number of aliphatic hydroxyl groups is 1. The Bertz CT molecular complexity index is 193. The molecule has 4 nitrogen and oxygen atoms in total. The molecule has 76 valence electrons. The minimum absolute atomic E-state index is 0.0996. The maximum atomic E-state index is 11.4. The minimum atomic E-state index is -0.403. The van der Waals surface area contributed by atoms with E-state index in [4.69, 9.17) is 4.74 Å². The van der Waals surface area contributed by atoms with Gasteiger partial charge in [0.1, 0.15) is 0 Å². The third-order valence-corrected chi connectivity index (χ3v) is 2.29. The predicted octanol–water partition coefficient (Wildman–Crippen LogP) is 0.986. The van der Waals surface area contributed by atoms with Crippen LogP contribution in [0.4, 0.5) is 4.79 Å². The maximum Gasteiger partial charge on any atom is 0.410 e. The first-order valence-electron chi connectivity index (χ1n) is 4.67. The Kier molecular flexibility index (Phi) is 3.14. The van der Waals surface area contributed by atoms with E-state index in [0.29, 0.717) is 13.0 Å². The Morgan fingerprint density at radius 2 is 2.23 bits per heavy atom. The highest BCUT2D eigenvalue weighted by molar-refractivity contribution is 5.68. The van der Waals surface area contributed by atoms with Gasteiger partial charge in [-0.2, -0.15) is 0 Å². The van der Waals surface area contributed by atoms with Crippen molar-refractivity contribution in [3.8, 4) is 0 Å². The summed E-state index contributed by atoms with van der Waals surface area (Å²) >= 11 is 0. The fourth-order valence-electron chi connectivity index (χ4n) is 1.45. The van der Waals surface area contributed by atoms with Crippen LogP contribution in [0.15, 0.2) is 0 Å². The predicted molar refractivity (Wildman–Crippen MR) is 48.4 cm³/mol. The Balaban J connectivity index is 2.48. The van der Waals surface area contributed by atoms with Crippen LogP contribution in [-0.2, 0) is 4.74 Å². The molecule has 1 aliphatic heterocycles. The fraction of sp³-hybridized carbons (Fsp3) is 0.889. The standard InChI is InChI=1S/C9H17NO3/c1-6(2)13-9(12)10-5-4-8(11)7(10)3/h6-8,11H,4-5H2,1-3H3. The van der Waals surface area contributed by atoms with Crippen molar-refractivity contribution in [2.45, 2.75) is 45.4 Å². The molecule has 0 radical (unpaired) electrons. The van der Waals surface area contributed by atoms with Crippen LogP contribution < -0.4 is 0 Å². The van der Waals surface area contributed by atoms with Gasteiger partial charge in [-0.1, -0.05) is 0 Å². The molecular weight excluding hydrogens is 170 g/mol. The molecule has 0 saturated carbocycles. The van der Waals surface area contributed by atoms with E-state index in [1.165, 1.54) is 0 Å².